The molecule has 3 aromatic rings. The normalized spacial score (nSPS) is 15.8. The summed E-state index contributed by atoms with van der Waals surface area (Å²) in [4.78, 5) is 26.0. The van der Waals surface area contributed by atoms with E-state index in [-0.39, 0.29) is 5.91 Å². The fourth-order valence-corrected chi connectivity index (χ4v) is 4.26. The van der Waals surface area contributed by atoms with Crippen LogP contribution < -0.4 is 5.73 Å². The van der Waals surface area contributed by atoms with Gasteiger partial charge < -0.3 is 10.6 Å². The zero-order valence-electron chi connectivity index (χ0n) is 15.2. The average molecular weight is 414 g/mol. The van der Waals surface area contributed by atoms with Crippen LogP contribution in [0.25, 0.3) is 17.0 Å². The van der Waals surface area contributed by atoms with Crippen LogP contribution in [0.3, 0.4) is 0 Å². The molecule has 0 spiro atoms. The van der Waals surface area contributed by atoms with Gasteiger partial charge in [-0.3, -0.25) is 9.69 Å². The molecule has 2 N–H and O–H groups in total. The smallest absolute Gasteiger partial charge is 0.237 e. The van der Waals surface area contributed by atoms with Crippen molar-refractivity contribution in [2.45, 2.75) is 6.54 Å². The minimum Gasteiger partial charge on any atom is -0.383 e. The number of anilines is 1. The van der Waals surface area contributed by atoms with E-state index in [2.05, 4.69) is 27.0 Å². The summed E-state index contributed by atoms with van der Waals surface area (Å²) in [6, 6.07) is 7.81. The van der Waals surface area contributed by atoms with Crippen LogP contribution in [0.4, 0.5) is 5.82 Å². The number of amides is 1. The number of piperazine rings is 1. The molecule has 1 aromatic carbocycles. The first-order valence-electron chi connectivity index (χ1n) is 8.98. The van der Waals surface area contributed by atoms with Gasteiger partial charge in [0.2, 0.25) is 5.91 Å². The summed E-state index contributed by atoms with van der Waals surface area (Å²) < 4.78 is 0. The van der Waals surface area contributed by atoms with E-state index in [9.17, 15) is 4.79 Å². The maximum absolute atomic E-state index is 12.6. The summed E-state index contributed by atoms with van der Waals surface area (Å²) in [5.41, 5.74) is 7.72. The first-order valence-corrected chi connectivity index (χ1v) is 10.2. The number of thiophene rings is 1. The number of carbonyl (C=O) groups excluding carboxylic acids is 1. The summed E-state index contributed by atoms with van der Waals surface area (Å²) in [6.45, 7) is 3.32. The number of nitrogens with two attached hydrogens (primary N) is 1. The van der Waals surface area contributed by atoms with E-state index >= 15 is 0 Å². The fraction of sp³-hybridized carbons (Fsp3) is 0.250. The van der Waals surface area contributed by atoms with Gasteiger partial charge in [0.1, 0.15) is 12.1 Å². The van der Waals surface area contributed by atoms with Gasteiger partial charge in [-0.15, -0.1) is 11.3 Å². The van der Waals surface area contributed by atoms with Gasteiger partial charge in [-0.05, 0) is 29.8 Å². The van der Waals surface area contributed by atoms with Crippen LogP contribution in [0.1, 0.15) is 10.4 Å². The Bertz CT molecular complexity index is 1030. The molecule has 8 heteroatoms. The second-order valence-electron chi connectivity index (χ2n) is 6.73. The molecule has 0 bridgehead atoms. The van der Waals surface area contributed by atoms with Crippen LogP contribution in [-0.2, 0) is 11.3 Å². The van der Waals surface area contributed by atoms with E-state index in [1.165, 1.54) is 6.33 Å². The van der Waals surface area contributed by atoms with Gasteiger partial charge in [0, 0.05) is 41.8 Å². The summed E-state index contributed by atoms with van der Waals surface area (Å²) in [6.07, 6.45) is 5.59. The van der Waals surface area contributed by atoms with Crippen molar-refractivity contribution in [3.8, 4) is 0 Å². The minimum atomic E-state index is 0.140. The molecular weight excluding hydrogens is 394 g/mol. The molecule has 1 amide bonds. The lowest BCUT2D eigenvalue weighted by Gasteiger charge is -2.33. The highest BCUT2D eigenvalue weighted by molar-refractivity contribution is 7.11. The predicted molar refractivity (Wildman–Crippen MR) is 114 cm³/mol. The third-order valence-corrected chi connectivity index (χ3v) is 5.98. The Kier molecular flexibility index (Phi) is 5.57. The monoisotopic (exact) mass is 413 g/mol. The quantitative estimate of drug-likeness (QED) is 0.694. The number of nitrogens with zero attached hydrogens (tertiary/aromatic N) is 4. The van der Waals surface area contributed by atoms with Crippen molar-refractivity contribution in [1.82, 2.24) is 19.8 Å². The van der Waals surface area contributed by atoms with Gasteiger partial charge in [-0.1, -0.05) is 23.7 Å². The Morgan fingerprint density at radius 1 is 1.25 bits per heavy atom. The van der Waals surface area contributed by atoms with Crippen LogP contribution >= 0.6 is 22.9 Å². The second-order valence-corrected chi connectivity index (χ2v) is 8.11. The molecule has 0 saturated carbocycles. The molecule has 2 aromatic heterocycles. The zero-order valence-corrected chi connectivity index (χ0v) is 16.8. The summed E-state index contributed by atoms with van der Waals surface area (Å²) in [7, 11) is 0. The number of carbonyl (C=O) groups is 1. The fourth-order valence-electron chi connectivity index (χ4n) is 3.26. The highest BCUT2D eigenvalue weighted by atomic mass is 35.5. The lowest BCUT2D eigenvalue weighted by molar-refractivity contribution is -0.136. The second kappa shape index (κ2) is 8.26. The number of rotatable bonds is 5. The molecule has 0 atom stereocenters. The summed E-state index contributed by atoms with van der Waals surface area (Å²) in [5, 5.41) is 3.51. The van der Waals surface area contributed by atoms with E-state index < -0.39 is 0 Å². The van der Waals surface area contributed by atoms with Crippen molar-refractivity contribution in [3.05, 3.63) is 57.5 Å². The number of benzene rings is 1. The zero-order chi connectivity index (χ0) is 19.5. The van der Waals surface area contributed by atoms with Gasteiger partial charge in [-0.25, -0.2) is 9.97 Å². The Morgan fingerprint density at radius 2 is 2.14 bits per heavy atom. The number of nitrogen functional groups attached to an aromatic ring is 1. The van der Waals surface area contributed by atoms with Crippen molar-refractivity contribution in [1.29, 1.82) is 0 Å². The third-order valence-electron chi connectivity index (χ3n) is 4.74. The van der Waals surface area contributed by atoms with Crippen molar-refractivity contribution in [2.75, 3.05) is 31.9 Å². The van der Waals surface area contributed by atoms with E-state index in [1.807, 2.05) is 34.5 Å². The van der Waals surface area contributed by atoms with Gasteiger partial charge in [-0.2, -0.15) is 0 Å². The molecule has 6 nitrogen and oxygen atoms in total. The molecule has 0 unspecified atom stereocenters. The van der Waals surface area contributed by atoms with Crippen molar-refractivity contribution in [3.63, 3.8) is 0 Å². The van der Waals surface area contributed by atoms with Crippen LogP contribution in [0.5, 0.6) is 0 Å². The molecule has 1 saturated heterocycles. The number of hydrogen-bond donors (Lipinski definition) is 1. The van der Waals surface area contributed by atoms with Crippen molar-refractivity contribution < 1.29 is 4.79 Å². The molecule has 1 aliphatic rings. The minimum absolute atomic E-state index is 0.140. The summed E-state index contributed by atoms with van der Waals surface area (Å²) in [5.74, 6) is 0.611. The highest BCUT2D eigenvalue weighted by Crippen LogP contribution is 2.21. The first-order chi connectivity index (χ1) is 13.6. The first kappa shape index (κ1) is 18.9. The van der Waals surface area contributed by atoms with Gasteiger partial charge in [0.25, 0.3) is 0 Å². The summed E-state index contributed by atoms with van der Waals surface area (Å²) >= 11 is 7.54. The van der Waals surface area contributed by atoms with Crippen LogP contribution in [0.2, 0.25) is 5.02 Å². The standard InChI is InChI=1S/C20H20ClN5OS/c21-15-9-16(28-12-15)2-1-5-25-6-7-26(19(27)11-25)10-14-3-4-17-18(8-14)23-13-24-20(17)22/h1-4,8-9,12-13H,5-7,10-11H2,(H2,22,23,24)/b2-1+. The molecule has 1 aliphatic heterocycles. The largest absolute Gasteiger partial charge is 0.383 e. The van der Waals surface area contributed by atoms with Crippen molar-refractivity contribution in [2.24, 2.45) is 0 Å². The van der Waals surface area contributed by atoms with E-state index in [0.29, 0.717) is 25.5 Å². The maximum atomic E-state index is 12.6. The Hall–Kier alpha value is -2.48. The van der Waals surface area contributed by atoms with E-state index in [1.54, 1.807) is 11.3 Å². The van der Waals surface area contributed by atoms with Gasteiger partial charge in [0.05, 0.1) is 17.1 Å². The molecule has 0 radical (unpaired) electrons. The third kappa shape index (κ3) is 4.32. The Balaban J connectivity index is 1.34. The average Bonchev–Trinajstić information content (AvgIpc) is 3.09. The molecule has 1 fully saturated rings. The number of hydrogen-bond acceptors (Lipinski definition) is 6. The molecule has 28 heavy (non-hydrogen) atoms. The Morgan fingerprint density at radius 3 is 2.93 bits per heavy atom. The SMILES string of the molecule is Nc1ncnc2cc(CN3CCN(C/C=C/c4cc(Cl)cs4)CC3=O)ccc12. The molecule has 144 valence electrons. The van der Waals surface area contributed by atoms with E-state index in [0.717, 1.165) is 39.5 Å². The molecule has 0 aliphatic carbocycles. The van der Waals surface area contributed by atoms with Crippen LogP contribution in [-0.4, -0.2) is 51.9 Å². The lowest BCUT2D eigenvalue weighted by Crippen LogP contribution is -2.49. The van der Waals surface area contributed by atoms with Crippen LogP contribution in [0.15, 0.2) is 42.0 Å². The van der Waals surface area contributed by atoms with Crippen molar-refractivity contribution >= 4 is 51.6 Å². The maximum Gasteiger partial charge on any atom is 0.237 e. The topological polar surface area (TPSA) is 75.3 Å². The van der Waals surface area contributed by atoms with Gasteiger partial charge >= 0.3 is 0 Å². The van der Waals surface area contributed by atoms with Gasteiger partial charge in [0.15, 0.2) is 0 Å². The number of aromatic nitrogens is 2. The molecule has 3 heterocycles. The van der Waals surface area contributed by atoms with Crippen LogP contribution in [0, 0.1) is 0 Å². The Labute approximate surface area is 172 Å². The predicted octanol–water partition coefficient (Wildman–Crippen LogP) is 3.28. The highest BCUT2D eigenvalue weighted by Gasteiger charge is 2.23. The molecule has 4 rings (SSSR count). The van der Waals surface area contributed by atoms with E-state index in [4.69, 9.17) is 17.3 Å². The number of fused-ring (bicyclic) bond motifs is 1. The number of halogens is 1. The lowest BCUT2D eigenvalue weighted by atomic mass is 10.1. The molecular formula is C20H20ClN5OS.